The lowest BCUT2D eigenvalue weighted by Gasteiger charge is -2.23. The number of alkyl halides is 4. The number of nitrogens with one attached hydrogen (secondary N) is 2. The number of aryl methyl sites for hydroxylation is 1. The molecule has 3 heterocycles. The van der Waals surface area contributed by atoms with Crippen LogP contribution in [0.4, 0.5) is 32.2 Å². The second-order valence-corrected chi connectivity index (χ2v) is 14.9. The first kappa shape index (κ1) is 35.3. The molecule has 52 heavy (non-hydrogen) atoms. The largest absolute Gasteiger partial charge is 0.346 e. The number of hydrogen-bond donors (Lipinski definition) is 2. The van der Waals surface area contributed by atoms with Crippen LogP contribution in [0.5, 0.6) is 0 Å². The average molecular weight is 763 g/mol. The van der Waals surface area contributed by atoms with E-state index >= 15 is 8.78 Å². The average Bonchev–Trinajstić information content (AvgIpc) is 3.59. The number of carbonyl (C=O) groups is 1. The molecule has 0 unspecified atom stereocenters. The summed E-state index contributed by atoms with van der Waals surface area (Å²) in [7, 11) is -2.32. The molecule has 5 aromatic rings. The van der Waals surface area contributed by atoms with E-state index < -0.39 is 75.7 Å². The van der Waals surface area contributed by atoms with Gasteiger partial charge >= 0.3 is 0 Å². The maximum Gasteiger partial charge on any atom is 0.293 e. The highest BCUT2D eigenvalue weighted by atomic mass is 35.5. The van der Waals surface area contributed by atoms with Gasteiger partial charge in [-0.25, -0.2) is 26.0 Å². The quantitative estimate of drug-likeness (QED) is 0.160. The minimum Gasteiger partial charge on any atom is -0.346 e. The fourth-order valence-corrected chi connectivity index (χ4v) is 7.74. The first-order chi connectivity index (χ1) is 24.5. The highest BCUT2D eigenvalue weighted by molar-refractivity contribution is 7.92. The number of amides is 1. The van der Waals surface area contributed by atoms with Crippen molar-refractivity contribution in [3.8, 4) is 17.2 Å². The predicted octanol–water partition coefficient (Wildman–Crippen LogP) is 6.25. The molecule has 2 N–H and O–H groups in total. The van der Waals surface area contributed by atoms with Crippen LogP contribution in [0.2, 0.25) is 5.02 Å². The maximum absolute atomic E-state index is 15.2. The van der Waals surface area contributed by atoms with Crippen molar-refractivity contribution < 1.29 is 39.6 Å². The van der Waals surface area contributed by atoms with Gasteiger partial charge in [-0.2, -0.15) is 24.2 Å². The van der Waals surface area contributed by atoms with Crippen LogP contribution >= 0.6 is 11.6 Å². The summed E-state index contributed by atoms with van der Waals surface area (Å²) in [6.45, 7) is -0.906. The summed E-state index contributed by atoms with van der Waals surface area (Å²) < 4.78 is 115. The summed E-state index contributed by atoms with van der Waals surface area (Å²) in [5, 5.41) is 20.7. The molecule has 0 spiro atoms. The van der Waals surface area contributed by atoms with E-state index in [9.17, 15) is 36.0 Å². The van der Waals surface area contributed by atoms with E-state index in [1.165, 1.54) is 36.1 Å². The van der Waals surface area contributed by atoms with E-state index in [0.717, 1.165) is 18.4 Å². The summed E-state index contributed by atoms with van der Waals surface area (Å²) in [6.07, 6.45) is -1.36. The Morgan fingerprint density at radius 3 is 2.48 bits per heavy atom. The molecule has 1 amide bonds. The third kappa shape index (κ3) is 6.21. The second kappa shape index (κ2) is 12.5. The molecule has 11 nitrogen and oxygen atoms in total. The van der Waals surface area contributed by atoms with Crippen LogP contribution in [0.1, 0.15) is 58.6 Å². The third-order valence-electron chi connectivity index (χ3n) is 9.05. The van der Waals surface area contributed by atoms with Gasteiger partial charge in [-0.3, -0.25) is 23.9 Å². The Kier molecular flexibility index (Phi) is 8.49. The topological polar surface area (TPSA) is 148 Å². The number of benzene rings is 2. The number of aromatic nitrogens is 5. The van der Waals surface area contributed by atoms with E-state index in [1.807, 2.05) is 6.07 Å². The fraction of sp³-hybridized carbons (Fsp3) is 0.303. The molecule has 19 heteroatoms. The zero-order valence-corrected chi connectivity index (χ0v) is 28.5. The summed E-state index contributed by atoms with van der Waals surface area (Å²) in [5.74, 6) is -8.38. The van der Waals surface area contributed by atoms with E-state index in [0.29, 0.717) is 16.3 Å². The van der Waals surface area contributed by atoms with Gasteiger partial charge in [0.1, 0.15) is 35.6 Å². The van der Waals surface area contributed by atoms with E-state index in [2.05, 4.69) is 25.2 Å². The van der Waals surface area contributed by atoms with Gasteiger partial charge in [0.15, 0.2) is 5.82 Å². The van der Waals surface area contributed by atoms with E-state index in [1.54, 1.807) is 0 Å². The summed E-state index contributed by atoms with van der Waals surface area (Å²) in [6, 6.07) is 7.74. The van der Waals surface area contributed by atoms with Gasteiger partial charge in [0.25, 0.3) is 12.3 Å². The molecule has 270 valence electrons. The SMILES string of the molecule is Cn1nc(NS(C)(=O)=O)c2c(Cl)ccc(-c3cc(C#N)cnc3[C@H](Cc3cc(F)cc(F)c3)NC(=O)Cn3nc(C(F)F)c4c3C(F)(F)[C@@H]3C[C@H]43)c21. The standard InChI is InChI=1S/C33H25ClF6N8O3S/c1-47-29-18(3-4-22(34)26(29)32(45-47)46-52(2,50)51)19-7-15(11-41)12-42-27(19)23(8-14-5-16(35)9-17(36)6-14)43-24(49)13-48-30-25(28(44-48)31(37)38)20-10-21(20)33(30,39)40/h3-7,9,12,20-21,23,31H,8,10,13H2,1-2H3,(H,43,49)(H,45,46)/t20-,21+,23-/m0/s1. The summed E-state index contributed by atoms with van der Waals surface area (Å²) >= 11 is 6.51. The van der Waals surface area contributed by atoms with Gasteiger partial charge in [0.2, 0.25) is 15.9 Å². The van der Waals surface area contributed by atoms with Crippen molar-refractivity contribution >= 4 is 44.3 Å². The first-order valence-electron chi connectivity index (χ1n) is 15.5. The Morgan fingerprint density at radius 2 is 1.83 bits per heavy atom. The number of rotatable bonds is 10. The van der Waals surface area contributed by atoms with Crippen molar-refractivity contribution in [2.24, 2.45) is 13.0 Å². The molecule has 0 saturated heterocycles. The minimum absolute atomic E-state index is 0.0253. The van der Waals surface area contributed by atoms with Crippen molar-refractivity contribution in [2.45, 2.75) is 43.7 Å². The fourth-order valence-electron chi connectivity index (χ4n) is 7.01. The van der Waals surface area contributed by atoms with Crippen LogP contribution in [0.25, 0.3) is 22.0 Å². The number of pyridine rings is 1. The van der Waals surface area contributed by atoms with E-state index in [-0.39, 0.29) is 62.5 Å². The zero-order valence-electron chi connectivity index (χ0n) is 26.9. The summed E-state index contributed by atoms with van der Waals surface area (Å²) in [4.78, 5) is 18.1. The molecule has 7 rings (SSSR count). The number of anilines is 1. The molecule has 0 aliphatic heterocycles. The monoisotopic (exact) mass is 762 g/mol. The van der Waals surface area contributed by atoms with Crippen molar-refractivity contribution in [3.05, 3.63) is 93.0 Å². The van der Waals surface area contributed by atoms with Crippen LogP contribution in [-0.4, -0.2) is 45.1 Å². The lowest BCUT2D eigenvalue weighted by atomic mass is 9.93. The van der Waals surface area contributed by atoms with Crippen LogP contribution in [-0.2, 0) is 40.8 Å². The predicted molar refractivity (Wildman–Crippen MR) is 175 cm³/mol. The maximum atomic E-state index is 15.2. The van der Waals surface area contributed by atoms with Crippen LogP contribution in [0, 0.1) is 28.9 Å². The number of sulfonamides is 1. The third-order valence-corrected chi connectivity index (χ3v) is 9.92. The van der Waals surface area contributed by atoms with Gasteiger partial charge < -0.3 is 5.32 Å². The normalized spacial score (nSPS) is 17.9. The number of nitrogens with zero attached hydrogens (tertiary/aromatic N) is 6. The number of carbonyl (C=O) groups excluding carboxylic acids is 1. The second-order valence-electron chi connectivity index (χ2n) is 12.7. The Hall–Kier alpha value is -5.15. The Balaban J connectivity index is 1.35. The first-order valence-corrected chi connectivity index (χ1v) is 17.8. The number of halogens is 7. The van der Waals surface area contributed by atoms with E-state index in [4.69, 9.17) is 11.6 Å². The molecule has 0 bridgehead atoms. The van der Waals surface area contributed by atoms with Crippen LogP contribution in [0.15, 0.2) is 42.6 Å². The lowest BCUT2D eigenvalue weighted by Crippen LogP contribution is -2.35. The van der Waals surface area contributed by atoms with Crippen molar-refractivity contribution in [1.82, 2.24) is 29.9 Å². The lowest BCUT2D eigenvalue weighted by molar-refractivity contribution is -0.123. The number of nitriles is 1. The molecule has 2 aromatic carbocycles. The van der Waals surface area contributed by atoms with Crippen molar-refractivity contribution in [2.75, 3.05) is 11.0 Å². The van der Waals surface area contributed by atoms with Crippen LogP contribution < -0.4 is 10.0 Å². The molecular weight excluding hydrogens is 738 g/mol. The smallest absolute Gasteiger partial charge is 0.293 e. The highest BCUT2D eigenvalue weighted by Crippen LogP contribution is 2.68. The van der Waals surface area contributed by atoms with Crippen molar-refractivity contribution in [3.63, 3.8) is 0 Å². The Bertz CT molecular complexity index is 2440. The van der Waals surface area contributed by atoms with Gasteiger partial charge in [-0.05, 0) is 48.6 Å². The molecule has 1 saturated carbocycles. The molecule has 3 aromatic heterocycles. The Morgan fingerprint density at radius 1 is 1.12 bits per heavy atom. The number of hydrogen-bond acceptors (Lipinski definition) is 7. The van der Waals surface area contributed by atoms with Gasteiger partial charge in [-0.15, -0.1) is 0 Å². The molecule has 3 atom stereocenters. The molecule has 1 fully saturated rings. The molecular formula is C33H25ClF6N8O3S. The van der Waals surface area contributed by atoms with Gasteiger partial charge in [-0.1, -0.05) is 17.7 Å². The van der Waals surface area contributed by atoms with Gasteiger partial charge in [0, 0.05) is 41.9 Å². The Labute approximate surface area is 296 Å². The summed E-state index contributed by atoms with van der Waals surface area (Å²) in [5.41, 5.74) is -0.944. The van der Waals surface area contributed by atoms with Gasteiger partial charge in [0.05, 0.1) is 39.5 Å². The minimum atomic E-state index is -3.82. The van der Waals surface area contributed by atoms with Crippen molar-refractivity contribution in [1.29, 1.82) is 5.26 Å². The highest BCUT2D eigenvalue weighted by Gasteiger charge is 2.67. The molecule has 0 radical (unpaired) electrons. The molecule has 2 aliphatic carbocycles. The number of fused-ring (bicyclic) bond motifs is 4. The zero-order chi connectivity index (χ0) is 37.4. The molecule has 2 aliphatic rings. The van der Waals surface area contributed by atoms with Crippen LogP contribution in [0.3, 0.4) is 0 Å².